The molecule has 9 heteroatoms. The van der Waals surface area contributed by atoms with E-state index < -0.39 is 0 Å². The zero-order valence-corrected chi connectivity index (χ0v) is 20.0. The van der Waals surface area contributed by atoms with Gasteiger partial charge in [0.2, 0.25) is 0 Å². The van der Waals surface area contributed by atoms with Crippen molar-refractivity contribution in [2.75, 3.05) is 0 Å². The predicted octanol–water partition coefficient (Wildman–Crippen LogP) is 6.77. The largest absolute Gasteiger partial charge is 0.505 e. The summed E-state index contributed by atoms with van der Waals surface area (Å²) in [7, 11) is 0. The van der Waals surface area contributed by atoms with Gasteiger partial charge in [0, 0.05) is 10.1 Å². The van der Waals surface area contributed by atoms with Gasteiger partial charge in [0.25, 0.3) is 5.56 Å². The Balaban J connectivity index is 1.59. The van der Waals surface area contributed by atoms with Crippen LogP contribution in [0.1, 0.15) is 30.1 Å². The minimum atomic E-state index is -0.177. The van der Waals surface area contributed by atoms with Crippen molar-refractivity contribution in [3.63, 3.8) is 0 Å². The quantitative estimate of drug-likeness (QED) is 0.286. The number of thiophene rings is 2. The fourth-order valence-electron chi connectivity index (χ4n) is 4.59. The minimum absolute atomic E-state index is 0.0227. The molecular weight excluding hydrogens is 490 g/mol. The molecule has 1 fully saturated rings. The van der Waals surface area contributed by atoms with Crippen LogP contribution < -0.4 is 5.56 Å². The Hall–Kier alpha value is -3.20. The summed E-state index contributed by atoms with van der Waals surface area (Å²) in [5.74, 6) is 1.64. The number of benzene rings is 2. The van der Waals surface area contributed by atoms with E-state index in [1.807, 2.05) is 6.07 Å². The van der Waals surface area contributed by atoms with Gasteiger partial charge in [0.1, 0.15) is 10.6 Å². The summed E-state index contributed by atoms with van der Waals surface area (Å²) in [6, 6.07) is 11.7. The fraction of sp³-hybridized carbons (Fsp3) is 0.160. The lowest BCUT2D eigenvalue weighted by atomic mass is 10.1. The lowest BCUT2D eigenvalue weighted by molar-refractivity contribution is 0.482. The topological polar surface area (TPSA) is 81.2 Å². The van der Waals surface area contributed by atoms with Crippen molar-refractivity contribution in [2.45, 2.75) is 25.3 Å². The predicted molar refractivity (Wildman–Crippen MR) is 136 cm³/mol. The van der Waals surface area contributed by atoms with E-state index in [1.165, 1.54) is 33.4 Å². The number of phenolic OH excluding ortho intramolecular Hbond substituents is 1. The number of hydrogen-bond donors (Lipinski definition) is 1. The second kappa shape index (κ2) is 7.40. The highest BCUT2D eigenvalue weighted by atomic mass is 35.5. The van der Waals surface area contributed by atoms with Gasteiger partial charge in [0.15, 0.2) is 18.0 Å². The first-order valence-electron chi connectivity index (χ1n) is 10.8. The van der Waals surface area contributed by atoms with Gasteiger partial charge in [0.05, 0.1) is 32.7 Å². The Kier molecular flexibility index (Phi) is 4.39. The average Bonchev–Trinajstić information content (AvgIpc) is 3.25. The van der Waals surface area contributed by atoms with Gasteiger partial charge < -0.3 is 9.52 Å². The molecule has 1 N–H and O–H groups in total. The Morgan fingerprint density at radius 3 is 2.79 bits per heavy atom. The molecule has 168 valence electrons. The summed E-state index contributed by atoms with van der Waals surface area (Å²) in [5, 5.41) is 13.2. The average molecular weight is 506 g/mol. The third-order valence-corrected chi connectivity index (χ3v) is 8.90. The number of phenols is 1. The molecule has 0 atom stereocenters. The molecule has 0 amide bonds. The van der Waals surface area contributed by atoms with E-state index >= 15 is 0 Å². The third-order valence-electron chi connectivity index (χ3n) is 6.31. The number of hydrogen-bond acceptors (Lipinski definition) is 7. The summed E-state index contributed by atoms with van der Waals surface area (Å²) in [6.45, 7) is 0.215. The molecule has 1 aliphatic rings. The molecular formula is C25H16ClN3O3S2. The summed E-state index contributed by atoms with van der Waals surface area (Å²) < 4.78 is 8.92. The standard InChI is InChI=1S/C25H16ClN3O3S2/c26-16-8-7-15-19-24(34-21(15)20(16)30)28-23(29(25(19)31)10-13-9-27-11-32-13)22-18(12-5-6-12)14-3-1-2-4-17(14)33-22/h1-4,7-9,11-12,30H,5-6,10H2. The van der Waals surface area contributed by atoms with Gasteiger partial charge >= 0.3 is 0 Å². The Labute approximate surface area is 205 Å². The molecule has 4 heterocycles. The molecule has 6 nitrogen and oxygen atoms in total. The summed E-state index contributed by atoms with van der Waals surface area (Å²) in [6.07, 6.45) is 5.25. The number of nitrogens with zero attached hydrogens (tertiary/aromatic N) is 3. The minimum Gasteiger partial charge on any atom is -0.505 e. The van der Waals surface area contributed by atoms with E-state index in [2.05, 4.69) is 23.2 Å². The van der Waals surface area contributed by atoms with Crippen LogP contribution in [0.5, 0.6) is 5.75 Å². The van der Waals surface area contributed by atoms with Crippen molar-refractivity contribution in [2.24, 2.45) is 0 Å². The maximum atomic E-state index is 14.0. The van der Waals surface area contributed by atoms with Crippen LogP contribution in [0, 0.1) is 0 Å². The van der Waals surface area contributed by atoms with Crippen molar-refractivity contribution in [1.29, 1.82) is 0 Å². The zero-order chi connectivity index (χ0) is 23.0. The number of fused-ring (bicyclic) bond motifs is 4. The van der Waals surface area contributed by atoms with Gasteiger partial charge in [-0.1, -0.05) is 35.9 Å². The molecule has 1 aliphatic carbocycles. The van der Waals surface area contributed by atoms with E-state index in [0.29, 0.717) is 37.8 Å². The Morgan fingerprint density at radius 1 is 1.15 bits per heavy atom. The van der Waals surface area contributed by atoms with E-state index in [-0.39, 0.29) is 22.9 Å². The number of halogens is 1. The van der Waals surface area contributed by atoms with Gasteiger partial charge in [-0.05, 0) is 41.8 Å². The highest BCUT2D eigenvalue weighted by Crippen LogP contribution is 2.51. The first-order chi connectivity index (χ1) is 16.6. The van der Waals surface area contributed by atoms with E-state index in [9.17, 15) is 9.90 Å². The maximum absolute atomic E-state index is 14.0. The third kappa shape index (κ3) is 2.95. The van der Waals surface area contributed by atoms with E-state index in [4.69, 9.17) is 21.0 Å². The molecule has 0 bridgehead atoms. The van der Waals surface area contributed by atoms with Gasteiger partial charge in [-0.25, -0.2) is 9.97 Å². The molecule has 0 aliphatic heterocycles. The van der Waals surface area contributed by atoms with Crippen LogP contribution in [0.25, 0.3) is 41.1 Å². The zero-order valence-electron chi connectivity index (χ0n) is 17.6. The van der Waals surface area contributed by atoms with Gasteiger partial charge in [-0.2, -0.15) is 0 Å². The molecule has 6 aromatic rings. The first-order valence-corrected chi connectivity index (χ1v) is 12.8. The van der Waals surface area contributed by atoms with Crippen LogP contribution in [0.2, 0.25) is 5.02 Å². The molecule has 0 spiro atoms. The summed E-state index contributed by atoms with van der Waals surface area (Å²) in [4.78, 5) is 24.6. The lowest BCUT2D eigenvalue weighted by Crippen LogP contribution is -2.23. The first kappa shape index (κ1) is 20.2. The van der Waals surface area contributed by atoms with Crippen LogP contribution in [-0.4, -0.2) is 19.6 Å². The van der Waals surface area contributed by atoms with Crippen LogP contribution in [0.4, 0.5) is 0 Å². The molecule has 4 aromatic heterocycles. The molecule has 34 heavy (non-hydrogen) atoms. The number of aromatic hydroxyl groups is 1. The SMILES string of the molecule is O=c1c2c(nc(-c3sc4ccccc4c3C3CC3)n1Cc1cnco1)sc1c(O)c(Cl)ccc12. The Morgan fingerprint density at radius 2 is 2.00 bits per heavy atom. The summed E-state index contributed by atoms with van der Waals surface area (Å²) >= 11 is 9.11. The molecule has 2 aromatic carbocycles. The smallest absolute Gasteiger partial charge is 0.263 e. The van der Waals surface area contributed by atoms with Crippen LogP contribution in [0.3, 0.4) is 0 Å². The van der Waals surface area contributed by atoms with Crippen molar-refractivity contribution in [3.05, 3.63) is 75.7 Å². The highest BCUT2D eigenvalue weighted by molar-refractivity contribution is 7.26. The molecule has 0 unspecified atom stereocenters. The molecule has 1 saturated carbocycles. The van der Waals surface area contributed by atoms with Crippen molar-refractivity contribution in [3.8, 4) is 16.5 Å². The maximum Gasteiger partial charge on any atom is 0.263 e. The number of aromatic nitrogens is 3. The van der Waals surface area contributed by atoms with Crippen molar-refractivity contribution in [1.82, 2.24) is 14.5 Å². The second-order valence-corrected chi connectivity index (χ2v) is 10.9. The van der Waals surface area contributed by atoms with E-state index in [0.717, 1.165) is 17.7 Å². The monoisotopic (exact) mass is 505 g/mol. The van der Waals surface area contributed by atoms with Crippen molar-refractivity contribution >= 4 is 64.7 Å². The van der Waals surface area contributed by atoms with Crippen LogP contribution >= 0.6 is 34.3 Å². The van der Waals surface area contributed by atoms with E-state index in [1.54, 1.807) is 34.2 Å². The molecule has 0 radical (unpaired) electrons. The Bertz CT molecular complexity index is 1800. The number of rotatable bonds is 4. The molecule has 0 saturated heterocycles. The van der Waals surface area contributed by atoms with Crippen LogP contribution in [-0.2, 0) is 6.54 Å². The number of oxazole rings is 1. The fourth-order valence-corrected chi connectivity index (χ4v) is 7.20. The second-order valence-electron chi connectivity index (χ2n) is 8.46. The van der Waals surface area contributed by atoms with Crippen LogP contribution in [0.15, 0.2) is 58.2 Å². The summed E-state index contributed by atoms with van der Waals surface area (Å²) in [5.41, 5.74) is 1.09. The van der Waals surface area contributed by atoms with Crippen molar-refractivity contribution < 1.29 is 9.52 Å². The molecule has 7 rings (SSSR count). The van der Waals surface area contributed by atoms with Gasteiger partial charge in [-0.15, -0.1) is 22.7 Å². The normalized spacial score (nSPS) is 14.0. The highest BCUT2D eigenvalue weighted by Gasteiger charge is 2.32. The van der Waals surface area contributed by atoms with Gasteiger partial charge in [-0.3, -0.25) is 9.36 Å². The lowest BCUT2D eigenvalue weighted by Gasteiger charge is -2.12.